The van der Waals surface area contributed by atoms with Crippen molar-refractivity contribution >= 4 is 16.3 Å². The zero-order chi connectivity index (χ0) is 18.5. The van der Waals surface area contributed by atoms with E-state index < -0.39 is 16.3 Å². The number of hydrogen-bond donors (Lipinski definition) is 0. The monoisotopic (exact) mass is 362 g/mol. The summed E-state index contributed by atoms with van der Waals surface area (Å²) in [6, 6.07) is 0. The highest BCUT2D eigenvalue weighted by Gasteiger charge is 2.37. The molecule has 0 aromatic rings. The Balaban J connectivity index is 2.99. The SMILES string of the molecule is CC[N+](CC)(CC)S(=O)(=O)/N=C(/[O-])O[C@@H]1C[C@H](C)CC[C@H]1C(C)C. The maximum Gasteiger partial charge on any atom is 0.416 e. The van der Waals surface area contributed by atoms with E-state index in [0.29, 0.717) is 31.5 Å². The number of ether oxygens (including phenoxy) is 1. The second-order valence-electron chi connectivity index (χ2n) is 7.29. The van der Waals surface area contributed by atoms with E-state index in [4.69, 9.17) is 4.74 Å². The van der Waals surface area contributed by atoms with Gasteiger partial charge < -0.3 is 9.84 Å². The minimum Gasteiger partial charge on any atom is -0.596 e. The fourth-order valence-electron chi connectivity index (χ4n) is 3.74. The molecule has 0 unspecified atom stereocenters. The Morgan fingerprint density at radius 2 is 1.75 bits per heavy atom. The van der Waals surface area contributed by atoms with Gasteiger partial charge in [0.15, 0.2) is 6.08 Å². The van der Waals surface area contributed by atoms with Gasteiger partial charge in [-0.05, 0) is 51.4 Å². The lowest BCUT2D eigenvalue weighted by Crippen LogP contribution is -2.52. The molecule has 1 rings (SSSR count). The Kier molecular flexibility index (Phi) is 7.53. The van der Waals surface area contributed by atoms with Crippen LogP contribution in [0.2, 0.25) is 0 Å². The van der Waals surface area contributed by atoms with Gasteiger partial charge in [-0.3, -0.25) is 0 Å². The molecule has 3 atom stereocenters. The maximum atomic E-state index is 12.6. The van der Waals surface area contributed by atoms with Crippen molar-refractivity contribution in [2.45, 2.75) is 66.9 Å². The molecule has 1 fully saturated rings. The van der Waals surface area contributed by atoms with E-state index in [1.165, 1.54) is 0 Å². The Hall–Kier alpha value is -0.820. The third-order valence-corrected chi connectivity index (χ3v) is 7.76. The highest BCUT2D eigenvalue weighted by molar-refractivity contribution is 7.84. The summed E-state index contributed by atoms with van der Waals surface area (Å²) in [4.78, 5) is 0. The molecule has 0 N–H and O–H groups in total. The maximum absolute atomic E-state index is 12.6. The molecule has 7 heteroatoms. The normalized spacial score (nSPS) is 26.6. The zero-order valence-electron chi connectivity index (χ0n) is 16.0. The van der Waals surface area contributed by atoms with E-state index in [1.54, 1.807) is 20.8 Å². The topological polar surface area (TPSA) is 78.8 Å². The van der Waals surface area contributed by atoms with Gasteiger partial charge in [-0.25, -0.2) is 0 Å². The van der Waals surface area contributed by atoms with Crippen LogP contribution in [0.25, 0.3) is 0 Å². The number of nitrogens with zero attached hydrogens (tertiary/aromatic N) is 2. The van der Waals surface area contributed by atoms with Crippen molar-refractivity contribution in [1.29, 1.82) is 0 Å². The largest absolute Gasteiger partial charge is 0.596 e. The fourth-order valence-corrected chi connectivity index (χ4v) is 5.13. The van der Waals surface area contributed by atoms with Gasteiger partial charge in [-0.15, -0.1) is 8.42 Å². The third-order valence-electron chi connectivity index (χ3n) is 5.62. The Morgan fingerprint density at radius 1 is 1.21 bits per heavy atom. The van der Waals surface area contributed by atoms with Crippen molar-refractivity contribution in [2.75, 3.05) is 19.6 Å². The minimum absolute atomic E-state index is 0.225. The molecule has 142 valence electrons. The molecular formula is C17H34N2O4S. The lowest BCUT2D eigenvalue weighted by molar-refractivity contribution is -0.800. The lowest BCUT2D eigenvalue weighted by Gasteiger charge is -2.41. The van der Waals surface area contributed by atoms with Gasteiger partial charge in [-0.2, -0.15) is 3.89 Å². The van der Waals surface area contributed by atoms with Gasteiger partial charge in [0.25, 0.3) is 0 Å². The van der Waals surface area contributed by atoms with Crippen LogP contribution in [0.1, 0.15) is 60.8 Å². The van der Waals surface area contributed by atoms with Crippen LogP contribution >= 0.6 is 0 Å². The molecule has 0 heterocycles. The van der Waals surface area contributed by atoms with Crippen molar-refractivity contribution in [2.24, 2.45) is 22.2 Å². The van der Waals surface area contributed by atoms with Crippen molar-refractivity contribution in [3.05, 3.63) is 0 Å². The molecule has 0 aromatic carbocycles. The quantitative estimate of drug-likeness (QED) is 0.395. The Bertz CT molecular complexity index is 518. The van der Waals surface area contributed by atoms with Gasteiger partial charge >= 0.3 is 10.2 Å². The summed E-state index contributed by atoms with van der Waals surface area (Å²) in [5.41, 5.74) is 0. The molecule has 0 spiro atoms. The first-order chi connectivity index (χ1) is 11.1. The van der Waals surface area contributed by atoms with Gasteiger partial charge in [0, 0.05) is 6.10 Å². The van der Waals surface area contributed by atoms with E-state index in [2.05, 4.69) is 25.2 Å². The highest BCUT2D eigenvalue weighted by atomic mass is 32.2. The third kappa shape index (κ3) is 4.63. The van der Waals surface area contributed by atoms with Crippen LogP contribution in [0.5, 0.6) is 0 Å². The Labute approximate surface area is 147 Å². The van der Waals surface area contributed by atoms with E-state index in [9.17, 15) is 13.5 Å². The molecule has 0 radical (unpaired) electrons. The van der Waals surface area contributed by atoms with Crippen LogP contribution < -0.4 is 5.11 Å². The predicted octanol–water partition coefficient (Wildman–Crippen LogP) is 2.30. The first-order valence-corrected chi connectivity index (χ1v) is 10.6. The standard InChI is InChI=1S/C17H34N2O4S/c1-7-19(8-2,9-3)24(21,22)18-17(20)23-16-12-14(6)10-11-15(16)13(4)5/h13-16H,7-12H2,1-6H3/t14-,15+,16-/m1/s1. The molecule has 6 nitrogen and oxygen atoms in total. The first-order valence-electron chi connectivity index (χ1n) is 9.17. The number of rotatable bonds is 7. The van der Waals surface area contributed by atoms with Crippen molar-refractivity contribution in [1.82, 2.24) is 0 Å². The molecule has 0 aromatic heterocycles. The van der Waals surface area contributed by atoms with Crippen LogP contribution in [0.4, 0.5) is 0 Å². The van der Waals surface area contributed by atoms with Crippen LogP contribution in [0.3, 0.4) is 0 Å². The number of hydrogen-bond acceptors (Lipinski definition) is 4. The highest BCUT2D eigenvalue weighted by Crippen LogP contribution is 2.35. The van der Waals surface area contributed by atoms with Crippen LogP contribution in [0.15, 0.2) is 4.40 Å². The molecule has 0 aliphatic heterocycles. The zero-order valence-corrected chi connectivity index (χ0v) is 16.8. The number of quaternary nitrogens is 1. The molecule has 1 saturated carbocycles. The van der Waals surface area contributed by atoms with E-state index in [1.807, 2.05) is 0 Å². The summed E-state index contributed by atoms with van der Waals surface area (Å²) < 4.78 is 33.9. The van der Waals surface area contributed by atoms with E-state index in [0.717, 1.165) is 19.3 Å². The average molecular weight is 363 g/mol. The van der Waals surface area contributed by atoms with Crippen LogP contribution in [-0.4, -0.2) is 44.1 Å². The molecule has 0 saturated heterocycles. The molecule has 24 heavy (non-hydrogen) atoms. The van der Waals surface area contributed by atoms with E-state index in [-0.39, 0.29) is 15.9 Å². The fraction of sp³-hybridized carbons (Fsp3) is 0.941. The van der Waals surface area contributed by atoms with Gasteiger partial charge in [-0.1, -0.05) is 31.6 Å². The second-order valence-corrected chi connectivity index (χ2v) is 9.15. The summed E-state index contributed by atoms with van der Waals surface area (Å²) in [6.07, 6.45) is 1.69. The summed E-state index contributed by atoms with van der Waals surface area (Å²) in [6.45, 7) is 12.9. The van der Waals surface area contributed by atoms with Gasteiger partial charge in [0.05, 0.1) is 19.6 Å². The molecule has 1 aliphatic rings. The summed E-state index contributed by atoms with van der Waals surface area (Å²) in [5.74, 6) is 1.14. The summed E-state index contributed by atoms with van der Waals surface area (Å²) in [7, 11) is -3.95. The average Bonchev–Trinajstić information content (AvgIpc) is 2.48. The first kappa shape index (κ1) is 21.2. The summed E-state index contributed by atoms with van der Waals surface area (Å²) >= 11 is 0. The molecule has 0 amide bonds. The summed E-state index contributed by atoms with van der Waals surface area (Å²) in [5, 5.41) is 12.2. The minimum atomic E-state index is -3.95. The Morgan fingerprint density at radius 3 is 2.21 bits per heavy atom. The smallest absolute Gasteiger partial charge is 0.416 e. The lowest BCUT2D eigenvalue weighted by atomic mass is 9.75. The molecular weight excluding hydrogens is 328 g/mol. The predicted molar refractivity (Wildman–Crippen MR) is 94.5 cm³/mol. The van der Waals surface area contributed by atoms with Crippen molar-refractivity contribution in [3.8, 4) is 0 Å². The second kappa shape index (κ2) is 8.52. The van der Waals surface area contributed by atoms with Crippen molar-refractivity contribution < 1.29 is 22.1 Å². The van der Waals surface area contributed by atoms with E-state index >= 15 is 0 Å². The van der Waals surface area contributed by atoms with Gasteiger partial charge in [0.1, 0.15) is 0 Å². The van der Waals surface area contributed by atoms with Crippen molar-refractivity contribution in [3.63, 3.8) is 0 Å². The molecule has 0 bridgehead atoms. The van der Waals surface area contributed by atoms with Gasteiger partial charge in [0.2, 0.25) is 0 Å². The molecule has 1 aliphatic carbocycles. The van der Waals surface area contributed by atoms with Crippen LogP contribution in [-0.2, 0) is 14.9 Å². The van der Waals surface area contributed by atoms with Crippen LogP contribution in [0, 0.1) is 17.8 Å².